The minimum absolute atomic E-state index is 0.167. The number of nitrogens with one attached hydrogen (secondary N) is 1. The standard InChI is InChI=1S/C9H10BrClN2O/c1-6(11)4-12-9(14)8-3-7(10)5-13(8)2/h3,5H,1,4H2,2H3,(H,12,14). The second kappa shape index (κ2) is 4.66. The maximum Gasteiger partial charge on any atom is 0.268 e. The SMILES string of the molecule is C=C(Cl)CNC(=O)c1cc(Br)cn1C. The normalized spacial score (nSPS) is 9.93. The van der Waals surface area contributed by atoms with Crippen LogP contribution in [0, 0.1) is 0 Å². The van der Waals surface area contributed by atoms with E-state index in [9.17, 15) is 4.79 Å². The average molecular weight is 278 g/mol. The lowest BCUT2D eigenvalue weighted by molar-refractivity contribution is 0.0949. The molecule has 0 aromatic carbocycles. The fourth-order valence-electron chi connectivity index (χ4n) is 1.02. The molecule has 0 aliphatic carbocycles. The monoisotopic (exact) mass is 276 g/mol. The number of aromatic nitrogens is 1. The Morgan fingerprint density at radius 2 is 2.43 bits per heavy atom. The van der Waals surface area contributed by atoms with Gasteiger partial charge in [0.25, 0.3) is 5.91 Å². The van der Waals surface area contributed by atoms with Crippen LogP contribution in [0.3, 0.4) is 0 Å². The van der Waals surface area contributed by atoms with Crippen molar-refractivity contribution in [1.29, 1.82) is 0 Å². The molecule has 0 aliphatic heterocycles. The summed E-state index contributed by atoms with van der Waals surface area (Å²) in [5, 5.41) is 3.05. The van der Waals surface area contributed by atoms with Crippen LogP contribution in [0.5, 0.6) is 0 Å². The Balaban J connectivity index is 2.69. The van der Waals surface area contributed by atoms with Crippen molar-refractivity contribution in [2.45, 2.75) is 0 Å². The molecule has 1 N–H and O–H groups in total. The molecule has 1 heterocycles. The van der Waals surface area contributed by atoms with E-state index in [4.69, 9.17) is 11.6 Å². The number of amides is 1. The molecule has 0 saturated heterocycles. The summed E-state index contributed by atoms with van der Waals surface area (Å²) in [6.45, 7) is 3.76. The number of carbonyl (C=O) groups is 1. The molecule has 76 valence electrons. The summed E-state index contributed by atoms with van der Waals surface area (Å²) >= 11 is 8.82. The van der Waals surface area contributed by atoms with Crippen LogP contribution in [-0.2, 0) is 7.05 Å². The van der Waals surface area contributed by atoms with Crippen molar-refractivity contribution in [2.75, 3.05) is 6.54 Å². The maximum absolute atomic E-state index is 11.5. The molecule has 0 atom stereocenters. The van der Waals surface area contributed by atoms with Crippen molar-refractivity contribution < 1.29 is 4.79 Å². The molecule has 0 radical (unpaired) electrons. The van der Waals surface area contributed by atoms with Gasteiger partial charge in [-0.1, -0.05) is 18.2 Å². The Morgan fingerprint density at radius 3 is 2.86 bits per heavy atom. The molecule has 0 aliphatic rings. The highest BCUT2D eigenvalue weighted by Gasteiger charge is 2.09. The van der Waals surface area contributed by atoms with E-state index in [0.717, 1.165) is 4.47 Å². The number of nitrogens with zero attached hydrogens (tertiary/aromatic N) is 1. The molecular formula is C9H10BrClN2O. The zero-order chi connectivity index (χ0) is 10.7. The van der Waals surface area contributed by atoms with Gasteiger partial charge in [-0.3, -0.25) is 4.79 Å². The predicted molar refractivity (Wildman–Crippen MR) is 60.4 cm³/mol. The fourth-order valence-corrected chi connectivity index (χ4v) is 1.61. The van der Waals surface area contributed by atoms with Gasteiger partial charge in [0, 0.05) is 22.7 Å². The van der Waals surface area contributed by atoms with Crippen molar-refractivity contribution in [3.05, 3.63) is 34.0 Å². The van der Waals surface area contributed by atoms with Gasteiger partial charge >= 0.3 is 0 Å². The summed E-state index contributed by atoms with van der Waals surface area (Å²) in [5.41, 5.74) is 0.579. The van der Waals surface area contributed by atoms with Gasteiger partial charge in [-0.05, 0) is 22.0 Å². The Morgan fingerprint density at radius 1 is 1.79 bits per heavy atom. The largest absolute Gasteiger partial charge is 0.346 e. The molecule has 3 nitrogen and oxygen atoms in total. The van der Waals surface area contributed by atoms with Gasteiger partial charge in [0.15, 0.2) is 0 Å². The van der Waals surface area contributed by atoms with Crippen LogP contribution in [0.2, 0.25) is 0 Å². The summed E-state index contributed by atoms with van der Waals surface area (Å²) in [7, 11) is 1.80. The first kappa shape index (κ1) is 11.3. The third kappa shape index (κ3) is 2.89. The van der Waals surface area contributed by atoms with Crippen LogP contribution in [0.15, 0.2) is 28.3 Å². The van der Waals surface area contributed by atoms with E-state index in [0.29, 0.717) is 10.7 Å². The van der Waals surface area contributed by atoms with Gasteiger partial charge in [-0.25, -0.2) is 0 Å². The third-order valence-electron chi connectivity index (χ3n) is 1.64. The Hall–Kier alpha value is -0.740. The molecule has 1 amide bonds. The van der Waals surface area contributed by atoms with Gasteiger partial charge in [-0.2, -0.15) is 0 Å². The smallest absolute Gasteiger partial charge is 0.268 e. The molecule has 1 aromatic rings. The summed E-state index contributed by atoms with van der Waals surface area (Å²) in [6.07, 6.45) is 1.81. The van der Waals surface area contributed by atoms with Crippen molar-refractivity contribution in [1.82, 2.24) is 9.88 Å². The number of carbonyl (C=O) groups excluding carboxylic acids is 1. The molecule has 0 unspecified atom stereocenters. The van der Waals surface area contributed by atoms with E-state index in [1.54, 1.807) is 17.7 Å². The van der Waals surface area contributed by atoms with Gasteiger partial charge in [0.2, 0.25) is 0 Å². The minimum atomic E-state index is -0.167. The van der Waals surface area contributed by atoms with E-state index in [-0.39, 0.29) is 12.5 Å². The van der Waals surface area contributed by atoms with Crippen molar-refractivity contribution in [2.24, 2.45) is 7.05 Å². The number of hydrogen-bond donors (Lipinski definition) is 1. The molecule has 0 bridgehead atoms. The van der Waals surface area contributed by atoms with Crippen LogP contribution in [0.1, 0.15) is 10.5 Å². The quantitative estimate of drug-likeness (QED) is 0.903. The number of halogens is 2. The van der Waals surface area contributed by atoms with Crippen molar-refractivity contribution in [3.8, 4) is 0 Å². The summed E-state index contributed by atoms with van der Waals surface area (Å²) in [4.78, 5) is 11.5. The highest BCUT2D eigenvalue weighted by Crippen LogP contribution is 2.13. The Bertz CT molecular complexity index is 373. The second-order valence-electron chi connectivity index (χ2n) is 2.85. The van der Waals surface area contributed by atoms with Gasteiger partial charge in [0.1, 0.15) is 5.69 Å². The number of aryl methyl sites for hydroxylation is 1. The molecule has 5 heteroatoms. The average Bonchev–Trinajstić information content (AvgIpc) is 2.41. The predicted octanol–water partition coefficient (Wildman–Crippen LogP) is 2.27. The second-order valence-corrected chi connectivity index (χ2v) is 4.30. The van der Waals surface area contributed by atoms with Crippen molar-refractivity contribution in [3.63, 3.8) is 0 Å². The maximum atomic E-state index is 11.5. The zero-order valence-corrected chi connectivity index (χ0v) is 10.0. The van der Waals surface area contributed by atoms with Crippen LogP contribution < -0.4 is 5.32 Å². The Kier molecular flexibility index (Phi) is 3.77. The van der Waals surface area contributed by atoms with Crippen molar-refractivity contribution >= 4 is 33.4 Å². The number of rotatable bonds is 3. The minimum Gasteiger partial charge on any atom is -0.346 e. The molecular weight excluding hydrogens is 267 g/mol. The third-order valence-corrected chi connectivity index (χ3v) is 2.21. The summed E-state index contributed by atoms with van der Waals surface area (Å²) < 4.78 is 2.60. The molecule has 1 rings (SSSR count). The lowest BCUT2D eigenvalue weighted by atomic mass is 10.4. The highest BCUT2D eigenvalue weighted by molar-refractivity contribution is 9.10. The first-order valence-corrected chi connectivity index (χ1v) is 5.11. The Labute approximate surface area is 95.9 Å². The van der Waals surface area contributed by atoms with Gasteiger partial charge in [-0.15, -0.1) is 0 Å². The van der Waals surface area contributed by atoms with E-state index < -0.39 is 0 Å². The molecule has 1 aromatic heterocycles. The van der Waals surface area contributed by atoms with E-state index in [1.807, 2.05) is 6.20 Å². The molecule has 0 spiro atoms. The van der Waals surface area contributed by atoms with Gasteiger partial charge in [0.05, 0.1) is 6.54 Å². The zero-order valence-electron chi connectivity index (χ0n) is 7.68. The molecule has 14 heavy (non-hydrogen) atoms. The lowest BCUT2D eigenvalue weighted by Gasteiger charge is -2.04. The van der Waals surface area contributed by atoms with E-state index in [2.05, 4.69) is 27.8 Å². The fraction of sp³-hybridized carbons (Fsp3) is 0.222. The van der Waals surface area contributed by atoms with Crippen LogP contribution >= 0.6 is 27.5 Å². The summed E-state index contributed by atoms with van der Waals surface area (Å²) in [6, 6.07) is 1.74. The van der Waals surface area contributed by atoms with E-state index in [1.165, 1.54) is 0 Å². The molecule has 0 fully saturated rings. The first-order chi connectivity index (χ1) is 6.50. The number of hydrogen-bond acceptors (Lipinski definition) is 1. The van der Waals surface area contributed by atoms with Crippen LogP contribution in [0.25, 0.3) is 0 Å². The van der Waals surface area contributed by atoms with Crippen LogP contribution in [-0.4, -0.2) is 17.0 Å². The highest BCUT2D eigenvalue weighted by atomic mass is 79.9. The van der Waals surface area contributed by atoms with Gasteiger partial charge < -0.3 is 9.88 Å². The summed E-state index contributed by atoms with van der Waals surface area (Å²) in [5.74, 6) is -0.167. The van der Waals surface area contributed by atoms with Crippen LogP contribution in [0.4, 0.5) is 0 Å². The molecule has 0 saturated carbocycles. The van der Waals surface area contributed by atoms with E-state index >= 15 is 0 Å². The first-order valence-electron chi connectivity index (χ1n) is 3.94. The topological polar surface area (TPSA) is 34.0 Å². The lowest BCUT2D eigenvalue weighted by Crippen LogP contribution is -2.26.